The monoisotopic (exact) mass is 254 g/mol. The van der Waals surface area contributed by atoms with Crippen molar-refractivity contribution in [1.82, 2.24) is 5.32 Å². The lowest BCUT2D eigenvalue weighted by Crippen LogP contribution is -2.41. The standard InChI is InChI=1S/C11H14N2O3S/c12-8-3-1-7(2-4-8)10(14)5-13-9(6-17)11(15)16/h1-4,9,13,17H,5-6,12H2,(H,15,16). The normalized spacial score (nSPS) is 12.1. The first kappa shape index (κ1) is 13.5. The van der Waals surface area contributed by atoms with Gasteiger partial charge in [-0.1, -0.05) is 0 Å². The number of carboxylic acids is 1. The van der Waals surface area contributed by atoms with E-state index in [4.69, 9.17) is 10.8 Å². The number of hydrogen-bond acceptors (Lipinski definition) is 5. The van der Waals surface area contributed by atoms with Crippen LogP contribution in [-0.2, 0) is 4.79 Å². The molecular formula is C11H14N2O3S. The zero-order valence-corrected chi connectivity index (χ0v) is 9.98. The third-order valence-electron chi connectivity index (χ3n) is 2.22. The number of hydrogen-bond donors (Lipinski definition) is 4. The first-order valence-electron chi connectivity index (χ1n) is 5.00. The van der Waals surface area contributed by atoms with Gasteiger partial charge in [0, 0.05) is 17.0 Å². The predicted octanol–water partition coefficient (Wildman–Crippen LogP) is 0.424. The molecule has 1 aromatic carbocycles. The van der Waals surface area contributed by atoms with Crippen molar-refractivity contribution in [2.75, 3.05) is 18.0 Å². The molecular weight excluding hydrogens is 240 g/mol. The van der Waals surface area contributed by atoms with E-state index in [-0.39, 0.29) is 18.1 Å². The second-order valence-electron chi connectivity index (χ2n) is 3.50. The minimum atomic E-state index is -1.02. The maximum absolute atomic E-state index is 11.7. The molecule has 0 saturated carbocycles. The largest absolute Gasteiger partial charge is 0.480 e. The molecule has 1 rings (SSSR count). The Labute approximate surface area is 104 Å². The lowest BCUT2D eigenvalue weighted by atomic mass is 10.1. The summed E-state index contributed by atoms with van der Waals surface area (Å²) < 4.78 is 0. The van der Waals surface area contributed by atoms with E-state index in [0.717, 1.165) is 0 Å². The summed E-state index contributed by atoms with van der Waals surface area (Å²) in [5.41, 5.74) is 6.57. The van der Waals surface area contributed by atoms with Crippen LogP contribution in [0.25, 0.3) is 0 Å². The molecule has 4 N–H and O–H groups in total. The second-order valence-corrected chi connectivity index (χ2v) is 3.86. The quantitative estimate of drug-likeness (QED) is 0.335. The van der Waals surface area contributed by atoms with Gasteiger partial charge in [-0.15, -0.1) is 0 Å². The number of ketones is 1. The van der Waals surface area contributed by atoms with Crippen molar-refractivity contribution in [3.05, 3.63) is 29.8 Å². The van der Waals surface area contributed by atoms with E-state index < -0.39 is 12.0 Å². The molecule has 5 nitrogen and oxygen atoms in total. The summed E-state index contributed by atoms with van der Waals surface area (Å²) >= 11 is 3.89. The minimum Gasteiger partial charge on any atom is -0.480 e. The van der Waals surface area contributed by atoms with Crippen LogP contribution in [0.3, 0.4) is 0 Å². The molecule has 0 heterocycles. The number of aliphatic carboxylic acids is 1. The van der Waals surface area contributed by atoms with Gasteiger partial charge in [-0.3, -0.25) is 14.9 Å². The van der Waals surface area contributed by atoms with Crippen LogP contribution in [0.2, 0.25) is 0 Å². The summed E-state index contributed by atoms with van der Waals surface area (Å²) in [6, 6.07) is 5.64. The molecule has 1 atom stereocenters. The number of nitrogens with two attached hydrogens (primary N) is 1. The maximum atomic E-state index is 11.7. The number of benzene rings is 1. The third-order valence-corrected chi connectivity index (χ3v) is 2.59. The molecule has 1 unspecified atom stereocenters. The fourth-order valence-electron chi connectivity index (χ4n) is 1.22. The van der Waals surface area contributed by atoms with Crippen LogP contribution in [0.5, 0.6) is 0 Å². The van der Waals surface area contributed by atoms with E-state index in [1.165, 1.54) is 0 Å². The Hall–Kier alpha value is -1.53. The van der Waals surface area contributed by atoms with Crippen LogP contribution in [0.4, 0.5) is 5.69 Å². The summed E-state index contributed by atoms with van der Waals surface area (Å²) in [4.78, 5) is 22.4. The molecule has 0 aliphatic carbocycles. The van der Waals surface area contributed by atoms with Gasteiger partial charge in [0.05, 0.1) is 6.54 Å². The van der Waals surface area contributed by atoms with Crippen molar-refractivity contribution in [1.29, 1.82) is 0 Å². The Morgan fingerprint density at radius 1 is 1.35 bits per heavy atom. The highest BCUT2D eigenvalue weighted by Gasteiger charge is 2.16. The molecule has 0 bridgehead atoms. The Bertz CT molecular complexity index is 406. The van der Waals surface area contributed by atoms with Crippen LogP contribution in [0.1, 0.15) is 10.4 Å². The Balaban J connectivity index is 2.55. The van der Waals surface area contributed by atoms with Crippen LogP contribution < -0.4 is 11.1 Å². The maximum Gasteiger partial charge on any atom is 0.321 e. The van der Waals surface area contributed by atoms with Crippen molar-refractivity contribution in [3.8, 4) is 0 Å². The first-order chi connectivity index (χ1) is 8.04. The van der Waals surface area contributed by atoms with Gasteiger partial charge in [-0.2, -0.15) is 12.6 Å². The van der Waals surface area contributed by atoms with E-state index in [0.29, 0.717) is 11.3 Å². The second kappa shape index (κ2) is 6.27. The third kappa shape index (κ3) is 4.08. The molecule has 0 amide bonds. The average Bonchev–Trinajstić information content (AvgIpc) is 2.30. The molecule has 1 aromatic rings. The van der Waals surface area contributed by atoms with Gasteiger partial charge in [0.1, 0.15) is 6.04 Å². The van der Waals surface area contributed by atoms with E-state index in [2.05, 4.69) is 17.9 Å². The highest BCUT2D eigenvalue weighted by molar-refractivity contribution is 7.80. The molecule has 6 heteroatoms. The highest BCUT2D eigenvalue weighted by Crippen LogP contribution is 2.05. The number of carboxylic acid groups (broad SMARTS) is 1. The molecule has 0 spiro atoms. The van der Waals surface area contributed by atoms with Crippen LogP contribution in [-0.4, -0.2) is 35.2 Å². The predicted molar refractivity (Wildman–Crippen MR) is 68.5 cm³/mol. The van der Waals surface area contributed by atoms with E-state index in [9.17, 15) is 9.59 Å². The van der Waals surface area contributed by atoms with Gasteiger partial charge in [0.2, 0.25) is 0 Å². The van der Waals surface area contributed by atoms with Crippen molar-refractivity contribution in [2.24, 2.45) is 0 Å². The average molecular weight is 254 g/mol. The molecule has 17 heavy (non-hydrogen) atoms. The Morgan fingerprint density at radius 3 is 2.41 bits per heavy atom. The summed E-state index contributed by atoms with van der Waals surface area (Å²) in [5.74, 6) is -1.08. The van der Waals surface area contributed by atoms with Crippen molar-refractivity contribution >= 4 is 30.1 Å². The number of thiol groups is 1. The van der Waals surface area contributed by atoms with Crippen molar-refractivity contribution in [2.45, 2.75) is 6.04 Å². The van der Waals surface area contributed by atoms with E-state index >= 15 is 0 Å². The Morgan fingerprint density at radius 2 is 1.94 bits per heavy atom. The number of nitrogen functional groups attached to an aromatic ring is 1. The molecule has 0 aromatic heterocycles. The highest BCUT2D eigenvalue weighted by atomic mass is 32.1. The first-order valence-corrected chi connectivity index (χ1v) is 5.63. The van der Waals surface area contributed by atoms with Crippen molar-refractivity contribution < 1.29 is 14.7 Å². The summed E-state index contributed by atoms with van der Waals surface area (Å²) in [7, 11) is 0. The SMILES string of the molecule is Nc1ccc(C(=O)CNC(CS)C(=O)O)cc1. The number of Topliss-reactive ketones (excluding diaryl/α,β-unsaturated/α-hetero) is 1. The number of nitrogens with one attached hydrogen (secondary N) is 1. The summed E-state index contributed by atoms with van der Waals surface area (Å²) in [6.07, 6.45) is 0. The van der Waals surface area contributed by atoms with Crippen LogP contribution >= 0.6 is 12.6 Å². The van der Waals surface area contributed by atoms with Crippen LogP contribution in [0.15, 0.2) is 24.3 Å². The van der Waals surface area contributed by atoms with Crippen molar-refractivity contribution in [3.63, 3.8) is 0 Å². The molecule has 0 saturated heterocycles. The number of carbonyl (C=O) groups is 2. The van der Waals surface area contributed by atoms with E-state index in [1.54, 1.807) is 24.3 Å². The Kier molecular flexibility index (Phi) is 4.99. The van der Waals surface area contributed by atoms with Gasteiger partial charge in [0.25, 0.3) is 0 Å². The molecule has 92 valence electrons. The topological polar surface area (TPSA) is 92.4 Å². The lowest BCUT2D eigenvalue weighted by molar-refractivity contribution is -0.138. The number of carbonyl (C=O) groups excluding carboxylic acids is 1. The zero-order chi connectivity index (χ0) is 12.8. The number of anilines is 1. The van der Waals surface area contributed by atoms with E-state index in [1.807, 2.05) is 0 Å². The molecule has 0 fully saturated rings. The van der Waals surface area contributed by atoms with Gasteiger partial charge >= 0.3 is 5.97 Å². The zero-order valence-electron chi connectivity index (χ0n) is 9.09. The smallest absolute Gasteiger partial charge is 0.321 e. The minimum absolute atomic E-state index is 0.0402. The molecule has 0 aliphatic rings. The summed E-state index contributed by atoms with van der Waals surface area (Å²) in [6.45, 7) is -0.0402. The lowest BCUT2D eigenvalue weighted by Gasteiger charge is -2.10. The number of rotatable bonds is 6. The van der Waals surface area contributed by atoms with Gasteiger partial charge in [-0.25, -0.2) is 0 Å². The molecule has 0 aliphatic heterocycles. The van der Waals surface area contributed by atoms with Gasteiger partial charge in [-0.05, 0) is 24.3 Å². The fourth-order valence-corrected chi connectivity index (χ4v) is 1.50. The fraction of sp³-hybridized carbons (Fsp3) is 0.273. The molecule has 0 radical (unpaired) electrons. The van der Waals surface area contributed by atoms with Gasteiger partial charge < -0.3 is 10.8 Å². The van der Waals surface area contributed by atoms with Crippen LogP contribution in [0, 0.1) is 0 Å². The van der Waals surface area contributed by atoms with Gasteiger partial charge in [0.15, 0.2) is 5.78 Å². The summed E-state index contributed by atoms with van der Waals surface area (Å²) in [5, 5.41) is 11.4.